The number of carbonyl (C=O) groups excluding carboxylic acids is 2. The Balaban J connectivity index is 2.87. The number of nitriles is 1. The van der Waals surface area contributed by atoms with Crippen molar-refractivity contribution in [3.05, 3.63) is 33.4 Å². The summed E-state index contributed by atoms with van der Waals surface area (Å²) in [7, 11) is 0. The molecule has 0 atom stereocenters. The van der Waals surface area contributed by atoms with Gasteiger partial charge in [-0.05, 0) is 38.0 Å². The summed E-state index contributed by atoms with van der Waals surface area (Å²) in [5.41, 5.74) is -1.06. The quantitative estimate of drug-likeness (QED) is 0.0728. The Labute approximate surface area is 203 Å². The highest BCUT2D eigenvalue weighted by Gasteiger charge is 2.23. The minimum absolute atomic E-state index is 0.000706. The monoisotopic (exact) mass is 493 g/mol. The summed E-state index contributed by atoms with van der Waals surface area (Å²) in [5, 5.41) is 30.9. The first kappa shape index (κ1) is 29.3. The van der Waals surface area contributed by atoms with Gasteiger partial charge in [0.25, 0.3) is 5.91 Å². The van der Waals surface area contributed by atoms with Crippen molar-refractivity contribution < 1.29 is 38.6 Å². The summed E-state index contributed by atoms with van der Waals surface area (Å²) >= 11 is 0. The van der Waals surface area contributed by atoms with Crippen LogP contribution < -0.4 is 4.74 Å². The van der Waals surface area contributed by atoms with Gasteiger partial charge in [0.2, 0.25) is 5.75 Å². The lowest BCUT2D eigenvalue weighted by Gasteiger charge is -2.17. The van der Waals surface area contributed by atoms with Crippen LogP contribution in [0, 0.1) is 21.4 Å². The number of nitrogens with zero attached hydrogens (tertiary/aromatic N) is 3. The number of nitro benzene ring substituents is 1. The van der Waals surface area contributed by atoms with Crippen LogP contribution in [-0.2, 0) is 19.0 Å². The maximum Gasteiger partial charge on any atom is 0.514 e. The third kappa shape index (κ3) is 9.99. The molecule has 0 aromatic heterocycles. The van der Waals surface area contributed by atoms with E-state index >= 15 is 0 Å². The number of hydrogen-bond acceptors (Lipinski definition) is 10. The molecule has 0 fully saturated rings. The Morgan fingerprint density at radius 1 is 1.11 bits per heavy atom. The van der Waals surface area contributed by atoms with E-state index in [1.165, 1.54) is 4.90 Å². The number of carbonyl (C=O) groups is 2. The molecule has 1 rings (SSSR count). The van der Waals surface area contributed by atoms with E-state index < -0.39 is 34.2 Å². The van der Waals surface area contributed by atoms with Gasteiger partial charge in [-0.15, -0.1) is 0 Å². The third-order valence-electron chi connectivity index (χ3n) is 4.64. The fourth-order valence-electron chi connectivity index (χ4n) is 2.78. The first-order valence-corrected chi connectivity index (χ1v) is 11.2. The van der Waals surface area contributed by atoms with E-state index in [0.717, 1.165) is 31.1 Å². The highest BCUT2D eigenvalue weighted by atomic mass is 16.7. The molecule has 0 aliphatic rings. The maximum atomic E-state index is 12.5. The molecule has 0 radical (unpaired) electrons. The molecular formula is C23H31N3O9. The van der Waals surface area contributed by atoms with Crippen LogP contribution in [0.1, 0.15) is 39.2 Å². The second-order valence-electron chi connectivity index (χ2n) is 7.07. The number of phenols is 1. The van der Waals surface area contributed by atoms with Crippen molar-refractivity contribution in [2.75, 3.05) is 46.1 Å². The third-order valence-corrected chi connectivity index (χ3v) is 4.64. The zero-order valence-electron chi connectivity index (χ0n) is 20.2. The van der Waals surface area contributed by atoms with Gasteiger partial charge < -0.3 is 29.0 Å². The number of benzene rings is 1. The van der Waals surface area contributed by atoms with E-state index in [2.05, 4.69) is 6.92 Å². The smallest absolute Gasteiger partial charge is 0.499 e. The molecule has 12 heteroatoms. The van der Waals surface area contributed by atoms with E-state index in [1.807, 2.05) is 0 Å². The number of phenolic OH excluding ortho intramolecular Hbond substituents is 1. The van der Waals surface area contributed by atoms with Gasteiger partial charge in [-0.2, -0.15) is 5.26 Å². The maximum absolute atomic E-state index is 12.5. The summed E-state index contributed by atoms with van der Waals surface area (Å²) in [5.74, 6) is -2.03. The fraction of sp³-hybridized carbons (Fsp3) is 0.522. The van der Waals surface area contributed by atoms with Crippen LogP contribution in [0.2, 0.25) is 0 Å². The van der Waals surface area contributed by atoms with Crippen molar-refractivity contribution in [1.29, 1.82) is 5.26 Å². The summed E-state index contributed by atoms with van der Waals surface area (Å²) in [6.07, 6.45) is 1.88. The van der Waals surface area contributed by atoms with Crippen LogP contribution in [0.15, 0.2) is 17.7 Å². The molecule has 0 unspecified atom stereocenters. The van der Waals surface area contributed by atoms with Crippen LogP contribution in [0.5, 0.6) is 11.5 Å². The van der Waals surface area contributed by atoms with Crippen LogP contribution in [0.4, 0.5) is 10.5 Å². The normalized spacial score (nSPS) is 11.0. The minimum Gasteiger partial charge on any atom is -0.499 e. The average molecular weight is 494 g/mol. The van der Waals surface area contributed by atoms with Crippen molar-refractivity contribution in [3.8, 4) is 17.6 Å². The molecule has 12 nitrogen and oxygen atoms in total. The standard InChI is InChI=1S/C23H31N3O9/c1-4-7-8-32-9-10-33-11-12-34-23(29)35-20-15-17(14-19(21(20)27)26(30)31)13-18(16-24)22(28)25(5-2)6-3/h13-15,27H,4-12H2,1-3H3/b18-13+. The second-order valence-corrected chi connectivity index (χ2v) is 7.07. The predicted molar refractivity (Wildman–Crippen MR) is 125 cm³/mol. The first-order valence-electron chi connectivity index (χ1n) is 11.2. The number of likely N-dealkylation sites (N-methyl/N-ethyl adjacent to an activating group) is 1. The van der Waals surface area contributed by atoms with Gasteiger partial charge in [-0.25, -0.2) is 4.79 Å². The van der Waals surface area contributed by atoms with Gasteiger partial charge in [-0.3, -0.25) is 14.9 Å². The van der Waals surface area contributed by atoms with Crippen molar-refractivity contribution in [1.82, 2.24) is 4.90 Å². The predicted octanol–water partition coefficient (Wildman–Crippen LogP) is 3.42. The number of unbranched alkanes of at least 4 members (excludes halogenated alkanes) is 1. The molecule has 1 aromatic carbocycles. The van der Waals surface area contributed by atoms with Gasteiger partial charge >= 0.3 is 11.8 Å². The largest absolute Gasteiger partial charge is 0.514 e. The number of aromatic hydroxyl groups is 1. The molecule has 0 heterocycles. The Kier molecular flexibility index (Phi) is 13.4. The van der Waals surface area contributed by atoms with Crippen LogP contribution >= 0.6 is 0 Å². The summed E-state index contributed by atoms with van der Waals surface area (Å²) in [4.78, 5) is 36.3. The van der Waals surface area contributed by atoms with E-state index in [9.17, 15) is 30.1 Å². The van der Waals surface area contributed by atoms with Gasteiger partial charge in [0.1, 0.15) is 18.2 Å². The summed E-state index contributed by atoms with van der Waals surface area (Å²) in [6.45, 7) is 7.54. The zero-order chi connectivity index (χ0) is 26.2. The van der Waals surface area contributed by atoms with Gasteiger partial charge in [0.05, 0.1) is 24.7 Å². The van der Waals surface area contributed by atoms with E-state index in [-0.39, 0.29) is 24.4 Å². The topological polar surface area (TPSA) is 161 Å². The summed E-state index contributed by atoms with van der Waals surface area (Å²) < 4.78 is 20.3. The zero-order valence-corrected chi connectivity index (χ0v) is 20.2. The summed E-state index contributed by atoms with van der Waals surface area (Å²) in [6, 6.07) is 3.80. The lowest BCUT2D eigenvalue weighted by Crippen LogP contribution is -2.31. The average Bonchev–Trinajstić information content (AvgIpc) is 2.83. The molecular weight excluding hydrogens is 462 g/mol. The first-order chi connectivity index (χ1) is 16.8. The van der Waals surface area contributed by atoms with Gasteiger partial charge in [0.15, 0.2) is 5.75 Å². The van der Waals surface area contributed by atoms with Gasteiger partial charge in [0, 0.05) is 25.8 Å². The Morgan fingerprint density at radius 2 is 1.74 bits per heavy atom. The van der Waals surface area contributed by atoms with Crippen LogP contribution in [-0.4, -0.2) is 73.1 Å². The number of ether oxygens (including phenoxy) is 4. The Morgan fingerprint density at radius 3 is 2.31 bits per heavy atom. The minimum atomic E-state index is -1.22. The lowest BCUT2D eigenvalue weighted by molar-refractivity contribution is -0.385. The molecule has 0 saturated carbocycles. The van der Waals surface area contributed by atoms with Crippen molar-refractivity contribution in [2.45, 2.75) is 33.6 Å². The molecule has 1 aromatic rings. The van der Waals surface area contributed by atoms with E-state index in [4.69, 9.17) is 18.9 Å². The molecule has 0 spiro atoms. The molecule has 0 aliphatic heterocycles. The number of nitro groups is 1. The molecule has 0 bridgehead atoms. The van der Waals surface area contributed by atoms with E-state index in [1.54, 1.807) is 19.9 Å². The number of rotatable bonds is 15. The van der Waals surface area contributed by atoms with Crippen LogP contribution in [0.3, 0.4) is 0 Å². The second kappa shape index (κ2) is 16.0. The SMILES string of the molecule is CCCCOCCOCCOC(=O)Oc1cc(/C=C(\C#N)C(=O)N(CC)CC)cc([N+](=O)[O-])c1O. The highest BCUT2D eigenvalue weighted by molar-refractivity contribution is 6.01. The molecule has 0 aliphatic carbocycles. The van der Waals surface area contributed by atoms with Crippen molar-refractivity contribution in [3.63, 3.8) is 0 Å². The van der Waals surface area contributed by atoms with Gasteiger partial charge in [-0.1, -0.05) is 13.3 Å². The molecule has 192 valence electrons. The Hall–Kier alpha value is -3.69. The lowest BCUT2D eigenvalue weighted by atomic mass is 10.1. The number of amides is 1. The molecule has 35 heavy (non-hydrogen) atoms. The Bertz CT molecular complexity index is 937. The highest BCUT2D eigenvalue weighted by Crippen LogP contribution is 2.38. The van der Waals surface area contributed by atoms with E-state index in [0.29, 0.717) is 32.9 Å². The van der Waals surface area contributed by atoms with Crippen LogP contribution in [0.25, 0.3) is 6.08 Å². The molecule has 1 N–H and O–H groups in total. The molecule has 1 amide bonds. The van der Waals surface area contributed by atoms with Crippen molar-refractivity contribution in [2.24, 2.45) is 0 Å². The molecule has 0 saturated heterocycles. The number of hydrogen-bond donors (Lipinski definition) is 1. The fourth-order valence-corrected chi connectivity index (χ4v) is 2.78. The van der Waals surface area contributed by atoms with Crippen molar-refractivity contribution >= 4 is 23.8 Å².